The van der Waals surface area contributed by atoms with E-state index in [1.807, 2.05) is 0 Å². The molecule has 0 amide bonds. The minimum Gasteiger partial charge on any atom is -0.395 e. The lowest BCUT2D eigenvalue weighted by Crippen LogP contribution is -2.10. The third kappa shape index (κ3) is 4.22. The lowest BCUT2D eigenvalue weighted by Gasteiger charge is -2.07. The van der Waals surface area contributed by atoms with Crippen molar-refractivity contribution in [2.24, 2.45) is 0 Å². The van der Waals surface area contributed by atoms with Crippen molar-refractivity contribution in [1.82, 2.24) is 14.6 Å². The van der Waals surface area contributed by atoms with Gasteiger partial charge in [-0.25, -0.2) is 26.3 Å². The summed E-state index contributed by atoms with van der Waals surface area (Å²) < 4.78 is 49.6. The molecule has 1 N–H and O–H groups in total. The molecule has 4 aromatic rings. The minimum absolute atomic E-state index is 0.114. The molecule has 0 atom stereocenters. The number of aromatic nitrogens is 3. The number of sulfone groups is 2. The number of fused-ring (bicyclic) bond motifs is 1. The van der Waals surface area contributed by atoms with Gasteiger partial charge in [-0.15, -0.1) is 0 Å². The quantitative estimate of drug-likeness (QED) is 0.472. The van der Waals surface area contributed by atoms with E-state index in [2.05, 4.69) is 10.1 Å². The van der Waals surface area contributed by atoms with E-state index in [1.165, 1.54) is 24.3 Å². The van der Waals surface area contributed by atoms with Gasteiger partial charge in [-0.05, 0) is 36.4 Å². The molecule has 2 heterocycles. The number of aliphatic hydroxyl groups is 1. The molecule has 0 radical (unpaired) electrons. The molecule has 0 aliphatic heterocycles. The summed E-state index contributed by atoms with van der Waals surface area (Å²) in [5.41, 5.74) is 3.15. The largest absolute Gasteiger partial charge is 0.395 e. The van der Waals surface area contributed by atoms with Gasteiger partial charge in [0.1, 0.15) is 0 Å². The van der Waals surface area contributed by atoms with E-state index in [0.717, 1.165) is 11.8 Å². The van der Waals surface area contributed by atoms with Crippen molar-refractivity contribution >= 4 is 25.3 Å². The van der Waals surface area contributed by atoms with E-state index in [4.69, 9.17) is 5.11 Å². The van der Waals surface area contributed by atoms with Crippen molar-refractivity contribution in [1.29, 1.82) is 0 Å². The summed E-state index contributed by atoms with van der Waals surface area (Å²) in [6, 6.07) is 16.4. The van der Waals surface area contributed by atoms with Gasteiger partial charge in [-0.1, -0.05) is 24.3 Å². The fraction of sp³-hybridized carbons (Fsp3) is 0.143. The maximum Gasteiger partial charge on any atom is 0.180 e. The fourth-order valence-corrected chi connectivity index (χ4v) is 4.88. The molecule has 160 valence electrons. The Morgan fingerprint density at radius 1 is 0.903 bits per heavy atom. The molecule has 10 heteroatoms. The Labute approximate surface area is 179 Å². The minimum atomic E-state index is -3.59. The summed E-state index contributed by atoms with van der Waals surface area (Å²) in [4.78, 5) is 4.68. The van der Waals surface area contributed by atoms with Crippen LogP contribution in [-0.4, -0.2) is 55.2 Å². The molecule has 0 unspecified atom stereocenters. The number of rotatable bonds is 6. The monoisotopic (exact) mass is 457 g/mol. The highest BCUT2D eigenvalue weighted by Crippen LogP contribution is 2.25. The number of nitrogens with zero attached hydrogens (tertiary/aromatic N) is 3. The maximum absolute atomic E-state index is 12.3. The van der Waals surface area contributed by atoms with Gasteiger partial charge in [0.15, 0.2) is 25.3 Å². The van der Waals surface area contributed by atoms with E-state index >= 15 is 0 Å². The van der Waals surface area contributed by atoms with Crippen molar-refractivity contribution in [2.75, 3.05) is 18.6 Å². The molecule has 0 saturated carbocycles. The molecule has 2 aromatic carbocycles. The van der Waals surface area contributed by atoms with Crippen LogP contribution >= 0.6 is 0 Å². The van der Waals surface area contributed by atoms with Crippen LogP contribution in [0.2, 0.25) is 0 Å². The smallest absolute Gasteiger partial charge is 0.180 e. The van der Waals surface area contributed by atoms with E-state index < -0.39 is 26.3 Å². The lowest BCUT2D eigenvalue weighted by molar-refractivity contribution is 0.319. The van der Waals surface area contributed by atoms with Crippen LogP contribution in [0.3, 0.4) is 0 Å². The van der Waals surface area contributed by atoms with Gasteiger partial charge in [-0.3, -0.25) is 0 Å². The van der Waals surface area contributed by atoms with Gasteiger partial charge in [0.25, 0.3) is 0 Å². The first-order chi connectivity index (χ1) is 14.7. The number of hydrogen-bond acceptors (Lipinski definition) is 7. The fourth-order valence-electron chi connectivity index (χ4n) is 3.18. The van der Waals surface area contributed by atoms with Crippen molar-refractivity contribution < 1.29 is 21.9 Å². The molecule has 2 aromatic heterocycles. The lowest BCUT2D eigenvalue weighted by atomic mass is 10.1. The molecule has 8 nitrogen and oxygen atoms in total. The van der Waals surface area contributed by atoms with E-state index in [-0.39, 0.29) is 15.5 Å². The van der Waals surface area contributed by atoms with Gasteiger partial charge in [0, 0.05) is 17.4 Å². The van der Waals surface area contributed by atoms with Crippen LogP contribution in [0.15, 0.2) is 76.7 Å². The zero-order chi connectivity index (χ0) is 22.2. The van der Waals surface area contributed by atoms with Crippen LogP contribution in [0, 0.1) is 0 Å². The second-order valence-corrected chi connectivity index (χ2v) is 11.1. The van der Waals surface area contributed by atoms with E-state index in [1.54, 1.807) is 47.1 Å². The van der Waals surface area contributed by atoms with E-state index in [9.17, 15) is 16.8 Å². The molecule has 0 aliphatic carbocycles. The van der Waals surface area contributed by atoms with Crippen molar-refractivity contribution in [3.8, 4) is 22.5 Å². The summed E-state index contributed by atoms with van der Waals surface area (Å²) in [7, 11) is -6.88. The second-order valence-electron chi connectivity index (χ2n) is 7.00. The molecule has 0 aliphatic rings. The Hall–Kier alpha value is -3.08. The SMILES string of the molecule is CS(=O)(=O)c1ccc(-c2cnc3ccc(-c4cccc(S(=O)(=O)CCO)c4)nn23)cc1. The van der Waals surface area contributed by atoms with Crippen LogP contribution in [0.25, 0.3) is 28.2 Å². The van der Waals surface area contributed by atoms with Crippen LogP contribution in [0.5, 0.6) is 0 Å². The molecule has 0 spiro atoms. The maximum atomic E-state index is 12.3. The standard InChI is InChI=1S/C21H19N3O5S2/c1-30(26,27)17-7-5-15(6-8-17)20-14-22-21-10-9-19(23-24(20)21)16-3-2-4-18(13-16)31(28,29)12-11-25/h2-10,13-14,25H,11-12H2,1H3. The summed E-state index contributed by atoms with van der Waals surface area (Å²) in [6.45, 7) is -0.451. The molecule has 31 heavy (non-hydrogen) atoms. The number of benzene rings is 2. The Bertz CT molecular complexity index is 1480. The van der Waals surface area contributed by atoms with Crippen LogP contribution < -0.4 is 0 Å². The highest BCUT2D eigenvalue weighted by atomic mass is 32.2. The predicted molar refractivity (Wildman–Crippen MR) is 116 cm³/mol. The zero-order valence-corrected chi connectivity index (χ0v) is 18.1. The summed E-state index contributed by atoms with van der Waals surface area (Å²) in [6.07, 6.45) is 2.79. The summed E-state index contributed by atoms with van der Waals surface area (Å²) >= 11 is 0. The molecular weight excluding hydrogens is 438 g/mol. The topological polar surface area (TPSA) is 119 Å². The highest BCUT2D eigenvalue weighted by Gasteiger charge is 2.16. The van der Waals surface area contributed by atoms with Crippen LogP contribution in [-0.2, 0) is 19.7 Å². The summed E-state index contributed by atoms with van der Waals surface area (Å²) in [5.74, 6) is -0.349. The Morgan fingerprint density at radius 3 is 2.32 bits per heavy atom. The van der Waals surface area contributed by atoms with Gasteiger partial charge in [0.2, 0.25) is 0 Å². The van der Waals surface area contributed by atoms with Crippen molar-refractivity contribution in [3.63, 3.8) is 0 Å². The normalized spacial score (nSPS) is 12.3. The number of aliphatic hydroxyl groups excluding tert-OH is 1. The van der Waals surface area contributed by atoms with Gasteiger partial charge < -0.3 is 5.11 Å². The Balaban J connectivity index is 1.78. The molecule has 0 fully saturated rings. The third-order valence-electron chi connectivity index (χ3n) is 4.79. The molecule has 0 saturated heterocycles. The van der Waals surface area contributed by atoms with Crippen molar-refractivity contribution in [2.45, 2.75) is 9.79 Å². The summed E-state index contributed by atoms with van der Waals surface area (Å²) in [5, 5.41) is 13.6. The molecular formula is C21H19N3O5S2. The molecule has 0 bridgehead atoms. The average molecular weight is 458 g/mol. The first-order valence-electron chi connectivity index (χ1n) is 9.28. The first-order valence-corrected chi connectivity index (χ1v) is 12.8. The number of hydrogen-bond donors (Lipinski definition) is 1. The van der Waals surface area contributed by atoms with Gasteiger partial charge in [0.05, 0.1) is 39.7 Å². The first kappa shape index (κ1) is 21.2. The Kier molecular flexibility index (Phi) is 5.38. The van der Waals surface area contributed by atoms with Gasteiger partial charge >= 0.3 is 0 Å². The van der Waals surface area contributed by atoms with Gasteiger partial charge in [-0.2, -0.15) is 5.10 Å². The highest BCUT2D eigenvalue weighted by molar-refractivity contribution is 7.91. The third-order valence-corrected chi connectivity index (χ3v) is 7.61. The molecule has 4 rings (SSSR count). The number of imidazole rings is 1. The van der Waals surface area contributed by atoms with Crippen LogP contribution in [0.4, 0.5) is 0 Å². The Morgan fingerprint density at radius 2 is 1.65 bits per heavy atom. The van der Waals surface area contributed by atoms with E-state index in [0.29, 0.717) is 22.6 Å². The second kappa shape index (κ2) is 7.88. The van der Waals surface area contributed by atoms with Crippen LogP contribution in [0.1, 0.15) is 0 Å². The average Bonchev–Trinajstić information content (AvgIpc) is 3.16. The predicted octanol–water partition coefficient (Wildman–Crippen LogP) is 2.23. The van der Waals surface area contributed by atoms with Crippen molar-refractivity contribution in [3.05, 3.63) is 66.9 Å². The zero-order valence-electron chi connectivity index (χ0n) is 16.5.